The highest BCUT2D eigenvalue weighted by Crippen LogP contribution is 2.17. The maximum atomic E-state index is 13.3. The van der Waals surface area contributed by atoms with Crippen LogP contribution in [0, 0.1) is 5.82 Å². The highest BCUT2D eigenvalue weighted by atomic mass is 19.1. The lowest BCUT2D eigenvalue weighted by atomic mass is 10.2. The van der Waals surface area contributed by atoms with E-state index in [0.29, 0.717) is 6.42 Å². The van der Waals surface area contributed by atoms with Crippen molar-refractivity contribution in [1.82, 2.24) is 5.32 Å². The van der Waals surface area contributed by atoms with E-state index in [4.69, 9.17) is 9.84 Å². The van der Waals surface area contributed by atoms with Crippen LogP contribution in [0.15, 0.2) is 24.3 Å². The molecular formula is C13H18FNO3. The average Bonchev–Trinajstić information content (AvgIpc) is 2.38. The quantitative estimate of drug-likeness (QED) is 0.809. The molecule has 0 fully saturated rings. The van der Waals surface area contributed by atoms with Crippen molar-refractivity contribution in [3.63, 3.8) is 0 Å². The van der Waals surface area contributed by atoms with Crippen LogP contribution in [0.1, 0.15) is 20.3 Å². The fourth-order valence-corrected chi connectivity index (χ4v) is 1.38. The fraction of sp³-hybridized carbons (Fsp3) is 0.462. The van der Waals surface area contributed by atoms with Gasteiger partial charge in [-0.15, -0.1) is 0 Å². The van der Waals surface area contributed by atoms with Gasteiger partial charge in [0.15, 0.2) is 17.7 Å². The van der Waals surface area contributed by atoms with Gasteiger partial charge < -0.3 is 15.2 Å². The number of aliphatic hydroxyl groups is 1. The van der Waals surface area contributed by atoms with Crippen LogP contribution in [0.25, 0.3) is 0 Å². The minimum absolute atomic E-state index is 0.0391. The summed E-state index contributed by atoms with van der Waals surface area (Å²) >= 11 is 0. The molecule has 0 radical (unpaired) electrons. The van der Waals surface area contributed by atoms with Gasteiger partial charge in [-0.05, 0) is 25.5 Å². The normalized spacial score (nSPS) is 13.8. The smallest absolute Gasteiger partial charge is 0.261 e. The molecule has 0 saturated carbocycles. The van der Waals surface area contributed by atoms with Crippen LogP contribution in [0.4, 0.5) is 4.39 Å². The maximum Gasteiger partial charge on any atom is 0.261 e. The Morgan fingerprint density at radius 1 is 1.50 bits per heavy atom. The first-order valence-corrected chi connectivity index (χ1v) is 5.90. The predicted molar refractivity (Wildman–Crippen MR) is 65.8 cm³/mol. The van der Waals surface area contributed by atoms with Gasteiger partial charge in [-0.3, -0.25) is 4.79 Å². The van der Waals surface area contributed by atoms with Crippen LogP contribution >= 0.6 is 0 Å². The molecule has 0 saturated heterocycles. The summed E-state index contributed by atoms with van der Waals surface area (Å²) in [6.45, 7) is 3.25. The van der Waals surface area contributed by atoms with Crippen molar-refractivity contribution in [3.8, 4) is 5.75 Å². The Balaban J connectivity index is 2.57. The van der Waals surface area contributed by atoms with Crippen LogP contribution in [0.5, 0.6) is 5.75 Å². The molecule has 2 atom stereocenters. The first kappa shape index (κ1) is 14.4. The Labute approximate surface area is 106 Å². The summed E-state index contributed by atoms with van der Waals surface area (Å²) in [4.78, 5) is 11.7. The zero-order valence-electron chi connectivity index (χ0n) is 10.5. The maximum absolute atomic E-state index is 13.3. The summed E-state index contributed by atoms with van der Waals surface area (Å²) in [6, 6.07) is 5.60. The van der Waals surface area contributed by atoms with Gasteiger partial charge in [0.1, 0.15) is 0 Å². The largest absolute Gasteiger partial charge is 0.478 e. The first-order valence-electron chi connectivity index (χ1n) is 5.90. The van der Waals surface area contributed by atoms with Crippen molar-refractivity contribution in [1.29, 1.82) is 0 Å². The van der Waals surface area contributed by atoms with E-state index in [1.54, 1.807) is 12.1 Å². The van der Waals surface area contributed by atoms with E-state index < -0.39 is 11.9 Å². The second-order valence-corrected chi connectivity index (χ2v) is 3.99. The number of nitrogens with one attached hydrogen (secondary N) is 1. The van der Waals surface area contributed by atoms with Gasteiger partial charge >= 0.3 is 0 Å². The zero-order valence-corrected chi connectivity index (χ0v) is 10.5. The Bertz CT molecular complexity index is 394. The van der Waals surface area contributed by atoms with Crippen molar-refractivity contribution < 1.29 is 19.0 Å². The first-order chi connectivity index (χ1) is 8.58. The summed E-state index contributed by atoms with van der Waals surface area (Å²) in [5.74, 6) is -0.845. The summed E-state index contributed by atoms with van der Waals surface area (Å²) in [5.41, 5.74) is 0. The average molecular weight is 255 g/mol. The number of benzene rings is 1. The summed E-state index contributed by atoms with van der Waals surface area (Å²) < 4.78 is 18.5. The van der Waals surface area contributed by atoms with E-state index in [1.807, 2.05) is 6.92 Å². The molecule has 0 spiro atoms. The molecular weight excluding hydrogens is 237 g/mol. The van der Waals surface area contributed by atoms with Gasteiger partial charge in [-0.2, -0.15) is 0 Å². The summed E-state index contributed by atoms with van der Waals surface area (Å²) in [6.07, 6.45) is -0.197. The number of hydrogen-bond donors (Lipinski definition) is 2. The molecule has 0 aromatic heterocycles. The standard InChI is InChI=1S/C13H18FNO3/c1-3-10(8-16)15-13(17)9(2)18-12-7-5-4-6-11(12)14/h4-7,9-10,16H,3,8H2,1-2H3,(H,15,17)/t9?,10-/m1/s1. The van der Waals surface area contributed by atoms with Crippen LogP contribution in [0.2, 0.25) is 0 Å². The topological polar surface area (TPSA) is 58.6 Å². The minimum Gasteiger partial charge on any atom is -0.478 e. The molecule has 100 valence electrons. The molecule has 0 heterocycles. The number of para-hydroxylation sites is 1. The number of rotatable bonds is 6. The lowest BCUT2D eigenvalue weighted by Crippen LogP contribution is -2.43. The Morgan fingerprint density at radius 2 is 2.17 bits per heavy atom. The van der Waals surface area contributed by atoms with Gasteiger partial charge in [0.25, 0.3) is 5.91 Å². The number of carbonyl (C=O) groups excluding carboxylic acids is 1. The Morgan fingerprint density at radius 3 is 2.72 bits per heavy atom. The summed E-state index contributed by atoms with van der Waals surface area (Å²) in [7, 11) is 0. The predicted octanol–water partition coefficient (Wildman–Crippen LogP) is 1.48. The number of ether oxygens (including phenoxy) is 1. The van der Waals surface area contributed by atoms with E-state index in [-0.39, 0.29) is 24.3 Å². The van der Waals surface area contributed by atoms with Gasteiger partial charge in [-0.25, -0.2) is 4.39 Å². The highest BCUT2D eigenvalue weighted by molar-refractivity contribution is 5.81. The van der Waals surface area contributed by atoms with Crippen LogP contribution < -0.4 is 10.1 Å². The molecule has 5 heteroatoms. The second kappa shape index (κ2) is 6.96. The molecule has 0 aliphatic heterocycles. The third kappa shape index (κ3) is 4.00. The molecule has 1 aromatic carbocycles. The molecule has 1 aromatic rings. The SMILES string of the molecule is CC[C@H](CO)NC(=O)C(C)Oc1ccccc1F. The second-order valence-electron chi connectivity index (χ2n) is 3.99. The number of carbonyl (C=O) groups is 1. The van der Waals surface area contributed by atoms with E-state index in [1.165, 1.54) is 19.1 Å². The molecule has 1 amide bonds. The molecule has 4 nitrogen and oxygen atoms in total. The number of halogens is 1. The van der Waals surface area contributed by atoms with E-state index >= 15 is 0 Å². The lowest BCUT2D eigenvalue weighted by molar-refractivity contribution is -0.128. The van der Waals surface area contributed by atoms with E-state index in [2.05, 4.69) is 5.32 Å². The van der Waals surface area contributed by atoms with Crippen molar-refractivity contribution in [2.75, 3.05) is 6.61 Å². The van der Waals surface area contributed by atoms with Gasteiger partial charge in [0, 0.05) is 0 Å². The monoisotopic (exact) mass is 255 g/mol. The third-order valence-electron chi connectivity index (χ3n) is 2.57. The number of hydrogen-bond acceptors (Lipinski definition) is 3. The molecule has 2 N–H and O–H groups in total. The molecule has 1 rings (SSSR count). The Kier molecular flexibility index (Phi) is 5.58. The Hall–Kier alpha value is -1.62. The van der Waals surface area contributed by atoms with Gasteiger partial charge in [0.05, 0.1) is 12.6 Å². The molecule has 0 bridgehead atoms. The minimum atomic E-state index is -0.817. The van der Waals surface area contributed by atoms with Crippen molar-refractivity contribution in [3.05, 3.63) is 30.1 Å². The molecule has 0 aliphatic rings. The van der Waals surface area contributed by atoms with E-state index in [9.17, 15) is 9.18 Å². The zero-order chi connectivity index (χ0) is 13.5. The molecule has 18 heavy (non-hydrogen) atoms. The lowest BCUT2D eigenvalue weighted by Gasteiger charge is -2.19. The van der Waals surface area contributed by atoms with Crippen molar-refractivity contribution in [2.45, 2.75) is 32.4 Å². The van der Waals surface area contributed by atoms with Crippen LogP contribution in [-0.4, -0.2) is 29.8 Å². The number of aliphatic hydroxyl groups excluding tert-OH is 1. The van der Waals surface area contributed by atoms with Crippen LogP contribution in [-0.2, 0) is 4.79 Å². The van der Waals surface area contributed by atoms with Crippen molar-refractivity contribution in [2.24, 2.45) is 0 Å². The fourth-order valence-electron chi connectivity index (χ4n) is 1.38. The molecule has 1 unspecified atom stereocenters. The van der Waals surface area contributed by atoms with Gasteiger partial charge in [0.2, 0.25) is 0 Å². The highest BCUT2D eigenvalue weighted by Gasteiger charge is 2.18. The third-order valence-corrected chi connectivity index (χ3v) is 2.57. The summed E-state index contributed by atoms with van der Waals surface area (Å²) in [5, 5.41) is 11.6. The van der Waals surface area contributed by atoms with E-state index in [0.717, 1.165) is 0 Å². The molecule has 0 aliphatic carbocycles. The number of amides is 1. The van der Waals surface area contributed by atoms with Crippen molar-refractivity contribution >= 4 is 5.91 Å². The van der Waals surface area contributed by atoms with Crippen LogP contribution in [0.3, 0.4) is 0 Å². The van der Waals surface area contributed by atoms with Gasteiger partial charge in [-0.1, -0.05) is 19.1 Å².